The molecule has 1 aliphatic heterocycles. The van der Waals surface area contributed by atoms with E-state index in [9.17, 15) is 18.4 Å². The SMILES string of the molecule is O=C1C(=O)N(CC2(CBr)CCCC2)c2cc(F)cc(F)c21. The summed E-state index contributed by atoms with van der Waals surface area (Å²) >= 11 is 3.47. The molecule has 21 heavy (non-hydrogen) atoms. The van der Waals surface area contributed by atoms with Gasteiger partial charge in [0.05, 0.1) is 11.3 Å². The van der Waals surface area contributed by atoms with Gasteiger partial charge in [-0.15, -0.1) is 0 Å². The molecular weight excluding hydrogens is 344 g/mol. The normalized spacial score (nSPS) is 20.2. The molecule has 2 aliphatic rings. The predicted octanol–water partition coefficient (Wildman–Crippen LogP) is 3.45. The van der Waals surface area contributed by atoms with Crippen LogP contribution in [0.25, 0.3) is 0 Å². The molecule has 1 heterocycles. The number of hydrogen-bond donors (Lipinski definition) is 0. The predicted molar refractivity (Wildman–Crippen MR) is 77.7 cm³/mol. The topological polar surface area (TPSA) is 37.4 Å². The summed E-state index contributed by atoms with van der Waals surface area (Å²) in [6.07, 6.45) is 3.99. The number of carbonyl (C=O) groups excluding carboxylic acids is 2. The van der Waals surface area contributed by atoms with E-state index in [-0.39, 0.29) is 16.7 Å². The van der Waals surface area contributed by atoms with E-state index in [1.165, 1.54) is 4.90 Å². The Morgan fingerprint density at radius 3 is 2.48 bits per heavy atom. The highest BCUT2D eigenvalue weighted by atomic mass is 79.9. The summed E-state index contributed by atoms with van der Waals surface area (Å²) in [6.45, 7) is 0.318. The molecular formula is C15H14BrF2NO2. The zero-order valence-corrected chi connectivity index (χ0v) is 12.9. The first-order valence-corrected chi connectivity index (χ1v) is 8.01. The fraction of sp³-hybridized carbons (Fsp3) is 0.467. The minimum Gasteiger partial charge on any atom is -0.304 e. The van der Waals surface area contributed by atoms with Crippen LogP contribution in [0.2, 0.25) is 0 Å². The van der Waals surface area contributed by atoms with E-state index >= 15 is 0 Å². The van der Waals surface area contributed by atoms with Crippen LogP contribution in [-0.4, -0.2) is 23.6 Å². The molecule has 1 saturated carbocycles. The Hall–Kier alpha value is -1.30. The van der Waals surface area contributed by atoms with E-state index in [0.29, 0.717) is 17.9 Å². The summed E-state index contributed by atoms with van der Waals surface area (Å²) in [4.78, 5) is 25.3. The van der Waals surface area contributed by atoms with Crippen LogP contribution in [0.4, 0.5) is 14.5 Å². The zero-order chi connectivity index (χ0) is 15.2. The minimum atomic E-state index is -0.967. The van der Waals surface area contributed by atoms with Crippen molar-refractivity contribution < 1.29 is 18.4 Å². The first-order valence-electron chi connectivity index (χ1n) is 6.89. The third-order valence-electron chi connectivity index (χ3n) is 4.43. The number of alkyl halides is 1. The number of carbonyl (C=O) groups is 2. The maximum absolute atomic E-state index is 13.8. The minimum absolute atomic E-state index is 0.0646. The van der Waals surface area contributed by atoms with Crippen molar-refractivity contribution in [1.29, 1.82) is 0 Å². The largest absolute Gasteiger partial charge is 0.304 e. The molecule has 1 aromatic carbocycles. The lowest BCUT2D eigenvalue weighted by Crippen LogP contribution is -2.40. The van der Waals surface area contributed by atoms with Crippen LogP contribution in [0.1, 0.15) is 36.0 Å². The van der Waals surface area contributed by atoms with Crippen molar-refractivity contribution in [1.82, 2.24) is 0 Å². The summed E-state index contributed by atoms with van der Waals surface area (Å²) in [5.74, 6) is -3.39. The van der Waals surface area contributed by atoms with Gasteiger partial charge in [0.1, 0.15) is 11.6 Å². The van der Waals surface area contributed by atoms with Gasteiger partial charge in [-0.05, 0) is 24.3 Å². The molecule has 6 heteroatoms. The van der Waals surface area contributed by atoms with E-state index in [1.807, 2.05) is 0 Å². The number of anilines is 1. The smallest absolute Gasteiger partial charge is 0.299 e. The van der Waals surface area contributed by atoms with Gasteiger partial charge in [-0.25, -0.2) is 8.78 Å². The number of fused-ring (bicyclic) bond motifs is 1. The highest BCUT2D eigenvalue weighted by Gasteiger charge is 2.44. The molecule has 0 N–H and O–H groups in total. The van der Waals surface area contributed by atoms with Gasteiger partial charge < -0.3 is 4.90 Å². The van der Waals surface area contributed by atoms with Crippen LogP contribution in [0.5, 0.6) is 0 Å². The highest BCUT2D eigenvalue weighted by Crippen LogP contribution is 2.43. The summed E-state index contributed by atoms with van der Waals surface area (Å²) in [6, 6.07) is 1.71. The molecule has 0 atom stereocenters. The number of ketones is 1. The Kier molecular flexibility index (Phi) is 3.59. The molecule has 0 unspecified atom stereocenters. The second-order valence-electron chi connectivity index (χ2n) is 5.84. The van der Waals surface area contributed by atoms with Gasteiger partial charge in [0.15, 0.2) is 0 Å². The number of Topliss-reactive ketones (excluding diaryl/α,β-unsaturated/α-hetero) is 1. The molecule has 1 aromatic rings. The van der Waals surface area contributed by atoms with Crippen molar-refractivity contribution in [3.8, 4) is 0 Å². The van der Waals surface area contributed by atoms with Crippen molar-refractivity contribution in [3.05, 3.63) is 29.3 Å². The molecule has 0 radical (unpaired) electrons. The second-order valence-corrected chi connectivity index (χ2v) is 6.40. The number of benzene rings is 1. The molecule has 0 aromatic heterocycles. The van der Waals surface area contributed by atoms with Gasteiger partial charge in [-0.2, -0.15) is 0 Å². The summed E-state index contributed by atoms with van der Waals surface area (Å²) in [5.41, 5.74) is -0.362. The standard InChI is InChI=1S/C15H14BrF2NO2/c16-7-15(3-1-2-4-15)8-19-11-6-9(17)5-10(18)12(11)13(20)14(19)21/h5-6H,1-4,7-8H2. The van der Waals surface area contributed by atoms with Crippen molar-refractivity contribution >= 4 is 33.3 Å². The molecule has 3 rings (SSSR count). The number of halogens is 3. The fourth-order valence-corrected chi connectivity index (χ4v) is 4.03. The Bertz CT molecular complexity index is 626. The molecule has 1 aliphatic carbocycles. The van der Waals surface area contributed by atoms with E-state index in [0.717, 1.165) is 31.7 Å². The van der Waals surface area contributed by atoms with Crippen molar-refractivity contribution in [2.45, 2.75) is 25.7 Å². The molecule has 3 nitrogen and oxygen atoms in total. The Balaban J connectivity index is 2.01. The van der Waals surface area contributed by atoms with Crippen LogP contribution in [0, 0.1) is 17.0 Å². The number of amides is 1. The van der Waals surface area contributed by atoms with Gasteiger partial charge in [0, 0.05) is 17.9 Å². The first-order chi connectivity index (χ1) is 9.97. The molecule has 112 valence electrons. The van der Waals surface area contributed by atoms with Crippen LogP contribution in [-0.2, 0) is 4.79 Å². The van der Waals surface area contributed by atoms with E-state index in [2.05, 4.69) is 15.9 Å². The average Bonchev–Trinajstić information content (AvgIpc) is 2.99. The lowest BCUT2D eigenvalue weighted by Gasteiger charge is -2.31. The van der Waals surface area contributed by atoms with Crippen molar-refractivity contribution in [2.75, 3.05) is 16.8 Å². The van der Waals surface area contributed by atoms with Gasteiger partial charge in [-0.1, -0.05) is 28.8 Å². The first kappa shape index (κ1) is 14.6. The van der Waals surface area contributed by atoms with Gasteiger partial charge in [-0.3, -0.25) is 9.59 Å². The highest BCUT2D eigenvalue weighted by molar-refractivity contribution is 9.09. The van der Waals surface area contributed by atoms with Crippen LogP contribution < -0.4 is 4.90 Å². The lowest BCUT2D eigenvalue weighted by molar-refractivity contribution is -0.114. The van der Waals surface area contributed by atoms with Gasteiger partial charge in [0.25, 0.3) is 11.7 Å². The Morgan fingerprint density at radius 1 is 1.19 bits per heavy atom. The van der Waals surface area contributed by atoms with Gasteiger partial charge in [0.2, 0.25) is 0 Å². The third-order valence-corrected chi connectivity index (χ3v) is 5.62. The molecule has 1 amide bonds. The van der Waals surface area contributed by atoms with Crippen molar-refractivity contribution in [2.24, 2.45) is 5.41 Å². The average molecular weight is 358 g/mol. The molecule has 0 saturated heterocycles. The lowest BCUT2D eigenvalue weighted by atomic mass is 9.88. The summed E-state index contributed by atoms with van der Waals surface area (Å²) in [7, 11) is 0. The summed E-state index contributed by atoms with van der Waals surface area (Å²) in [5, 5.41) is 0.700. The summed E-state index contributed by atoms with van der Waals surface area (Å²) < 4.78 is 27.2. The van der Waals surface area contributed by atoms with Crippen LogP contribution >= 0.6 is 15.9 Å². The maximum atomic E-state index is 13.8. The number of rotatable bonds is 3. The van der Waals surface area contributed by atoms with Crippen molar-refractivity contribution in [3.63, 3.8) is 0 Å². The number of nitrogens with zero attached hydrogens (tertiary/aromatic N) is 1. The third kappa shape index (κ3) is 2.29. The zero-order valence-electron chi connectivity index (χ0n) is 11.3. The van der Waals surface area contributed by atoms with E-state index in [4.69, 9.17) is 0 Å². The van der Waals surface area contributed by atoms with Crippen LogP contribution in [0.15, 0.2) is 12.1 Å². The molecule has 0 spiro atoms. The van der Waals surface area contributed by atoms with Gasteiger partial charge >= 0.3 is 0 Å². The number of hydrogen-bond acceptors (Lipinski definition) is 2. The monoisotopic (exact) mass is 357 g/mol. The maximum Gasteiger partial charge on any atom is 0.299 e. The quantitative estimate of drug-likeness (QED) is 0.613. The fourth-order valence-electron chi connectivity index (χ4n) is 3.29. The Morgan fingerprint density at radius 2 is 1.86 bits per heavy atom. The van der Waals surface area contributed by atoms with Crippen LogP contribution in [0.3, 0.4) is 0 Å². The second kappa shape index (κ2) is 5.16. The van der Waals surface area contributed by atoms with E-state index in [1.54, 1.807) is 0 Å². The Labute approximate surface area is 129 Å². The molecule has 0 bridgehead atoms. The molecule has 1 fully saturated rings. The van der Waals surface area contributed by atoms with E-state index < -0.39 is 23.3 Å².